The predicted octanol–water partition coefficient (Wildman–Crippen LogP) is 1.54. The van der Waals surface area contributed by atoms with E-state index in [1.54, 1.807) is 18.2 Å². The highest BCUT2D eigenvalue weighted by molar-refractivity contribution is 7.99. The highest BCUT2D eigenvalue weighted by Gasteiger charge is 2.06. The number of amides is 1. The van der Waals surface area contributed by atoms with Gasteiger partial charge in [-0.3, -0.25) is 10.2 Å². The van der Waals surface area contributed by atoms with Crippen molar-refractivity contribution in [1.29, 1.82) is 0 Å². The summed E-state index contributed by atoms with van der Waals surface area (Å²) in [4.78, 5) is 20.7. The normalized spacial score (nSPS) is 10.3. The predicted molar refractivity (Wildman–Crippen MR) is 80.4 cm³/mol. The van der Waals surface area contributed by atoms with Gasteiger partial charge in [0.2, 0.25) is 0 Å². The first-order valence-corrected chi connectivity index (χ1v) is 7.64. The molecule has 104 valence electrons. The van der Waals surface area contributed by atoms with E-state index in [-0.39, 0.29) is 5.91 Å². The molecule has 0 spiro atoms. The minimum Gasteiger partial charge on any atom is -0.384 e. The lowest BCUT2D eigenvalue weighted by Crippen LogP contribution is -2.29. The van der Waals surface area contributed by atoms with Crippen LogP contribution < -0.4 is 17.0 Å². The second-order valence-corrected chi connectivity index (χ2v) is 5.58. The smallest absolute Gasteiger partial charge is 0.265 e. The molecule has 0 bridgehead atoms. The number of thioether (sulfide) groups is 1. The van der Waals surface area contributed by atoms with E-state index in [1.165, 1.54) is 23.5 Å². The molecule has 1 aromatic heterocycles. The summed E-state index contributed by atoms with van der Waals surface area (Å²) in [6, 6.07) is 8.76. The topological polar surface area (TPSA) is 107 Å². The molecule has 6 nitrogen and oxygen atoms in total. The number of anilines is 1. The Labute approximate surface area is 124 Å². The quantitative estimate of drug-likeness (QED) is 0.196. The van der Waals surface area contributed by atoms with E-state index in [0.717, 1.165) is 9.92 Å². The summed E-state index contributed by atoms with van der Waals surface area (Å²) in [5.74, 6) is 5.19. The van der Waals surface area contributed by atoms with Gasteiger partial charge in [-0.2, -0.15) is 0 Å². The zero-order valence-corrected chi connectivity index (χ0v) is 12.3. The molecule has 2 aromatic rings. The highest BCUT2D eigenvalue weighted by atomic mass is 32.2. The van der Waals surface area contributed by atoms with Gasteiger partial charge in [-0.15, -0.1) is 0 Å². The van der Waals surface area contributed by atoms with Gasteiger partial charge < -0.3 is 5.73 Å². The molecule has 0 fully saturated rings. The molecule has 0 aliphatic carbocycles. The number of hydrogen-bond donors (Lipinski definition) is 3. The lowest BCUT2D eigenvalue weighted by atomic mass is 10.2. The van der Waals surface area contributed by atoms with Crippen LogP contribution in [-0.2, 0) is 0 Å². The van der Waals surface area contributed by atoms with Crippen LogP contribution in [0.15, 0.2) is 45.4 Å². The summed E-state index contributed by atoms with van der Waals surface area (Å²) in [6.45, 7) is 0. The van der Waals surface area contributed by atoms with Crippen LogP contribution in [0.4, 0.5) is 5.82 Å². The van der Waals surface area contributed by atoms with Crippen LogP contribution in [0.5, 0.6) is 0 Å². The van der Waals surface area contributed by atoms with Crippen LogP contribution in [-0.4, -0.2) is 22.1 Å². The van der Waals surface area contributed by atoms with Crippen molar-refractivity contribution in [3.8, 4) is 0 Å². The van der Waals surface area contributed by atoms with Crippen molar-refractivity contribution in [2.75, 3.05) is 12.0 Å². The first kappa shape index (κ1) is 14.6. The van der Waals surface area contributed by atoms with Crippen molar-refractivity contribution < 1.29 is 4.79 Å². The fraction of sp³-hybridized carbons (Fsp3) is 0.0833. The molecule has 0 saturated heterocycles. The molecule has 1 aromatic carbocycles. The minimum absolute atomic E-state index is 0.322. The van der Waals surface area contributed by atoms with Gasteiger partial charge in [0.1, 0.15) is 10.8 Å². The van der Waals surface area contributed by atoms with Crippen molar-refractivity contribution in [2.45, 2.75) is 15.1 Å². The third-order valence-electron chi connectivity index (χ3n) is 2.35. The summed E-state index contributed by atoms with van der Waals surface area (Å²) in [7, 11) is 0. The number of aromatic nitrogens is 2. The zero-order chi connectivity index (χ0) is 14.5. The number of carbonyl (C=O) groups is 1. The average molecular weight is 307 g/mol. The number of nitrogens with one attached hydrogen (secondary N) is 1. The second kappa shape index (κ2) is 6.60. The molecular weight excluding hydrogens is 294 g/mol. The number of hydrazine groups is 1. The standard InChI is InChI=1S/C12H13N5OS2/c1-19-12-15-9(13)6-10(16-12)20-8-4-2-7(3-5-8)11(18)17-14/h2-6H,14H2,1H3,(H,17,18)(H2,13,15,16). The van der Waals surface area contributed by atoms with E-state index < -0.39 is 0 Å². The van der Waals surface area contributed by atoms with Crippen LogP contribution in [0.1, 0.15) is 10.4 Å². The third-order valence-corrected chi connectivity index (χ3v) is 3.83. The van der Waals surface area contributed by atoms with Crippen molar-refractivity contribution in [2.24, 2.45) is 5.84 Å². The molecule has 1 heterocycles. The SMILES string of the molecule is CSc1nc(N)cc(Sc2ccc(C(=O)NN)cc2)n1. The van der Waals surface area contributed by atoms with Crippen molar-refractivity contribution in [3.05, 3.63) is 35.9 Å². The summed E-state index contributed by atoms with van der Waals surface area (Å²) in [5, 5.41) is 1.39. The molecule has 1 amide bonds. The van der Waals surface area contributed by atoms with Crippen LogP contribution in [0.3, 0.4) is 0 Å². The molecule has 0 unspecified atom stereocenters. The van der Waals surface area contributed by atoms with Gasteiger partial charge in [0, 0.05) is 16.5 Å². The average Bonchev–Trinajstić information content (AvgIpc) is 2.46. The molecule has 0 radical (unpaired) electrons. The maximum absolute atomic E-state index is 11.3. The van der Waals surface area contributed by atoms with E-state index in [1.807, 2.05) is 18.4 Å². The zero-order valence-electron chi connectivity index (χ0n) is 10.7. The maximum Gasteiger partial charge on any atom is 0.265 e. The number of rotatable bonds is 4. The number of nitrogen functional groups attached to an aromatic ring is 2. The number of nitrogens with two attached hydrogens (primary N) is 2. The van der Waals surface area contributed by atoms with Gasteiger partial charge in [-0.25, -0.2) is 15.8 Å². The van der Waals surface area contributed by atoms with E-state index in [9.17, 15) is 4.79 Å². The molecule has 5 N–H and O–H groups in total. The third kappa shape index (κ3) is 3.62. The molecule has 0 saturated carbocycles. The van der Waals surface area contributed by atoms with Gasteiger partial charge in [-0.05, 0) is 30.5 Å². The largest absolute Gasteiger partial charge is 0.384 e. The van der Waals surface area contributed by atoms with E-state index in [0.29, 0.717) is 16.5 Å². The molecular formula is C12H13N5OS2. The number of nitrogens with zero attached hydrogens (tertiary/aromatic N) is 2. The first-order chi connectivity index (χ1) is 9.62. The first-order valence-electron chi connectivity index (χ1n) is 5.60. The number of hydrogen-bond acceptors (Lipinski definition) is 7. The molecule has 8 heteroatoms. The maximum atomic E-state index is 11.3. The molecule has 20 heavy (non-hydrogen) atoms. The van der Waals surface area contributed by atoms with Crippen LogP contribution in [0, 0.1) is 0 Å². The Morgan fingerprint density at radius 1 is 1.25 bits per heavy atom. The Balaban J connectivity index is 2.17. The Morgan fingerprint density at radius 3 is 2.55 bits per heavy atom. The van der Waals surface area contributed by atoms with Crippen LogP contribution >= 0.6 is 23.5 Å². The van der Waals surface area contributed by atoms with E-state index in [4.69, 9.17) is 11.6 Å². The van der Waals surface area contributed by atoms with Gasteiger partial charge in [0.25, 0.3) is 5.91 Å². The summed E-state index contributed by atoms with van der Waals surface area (Å²) >= 11 is 2.89. The summed E-state index contributed by atoms with van der Waals surface area (Å²) < 4.78 is 0. The van der Waals surface area contributed by atoms with Crippen molar-refractivity contribution >= 4 is 35.2 Å². The fourth-order valence-electron chi connectivity index (χ4n) is 1.44. The molecule has 2 rings (SSSR count). The van der Waals surface area contributed by atoms with Gasteiger partial charge >= 0.3 is 0 Å². The molecule has 0 atom stereocenters. The van der Waals surface area contributed by atoms with E-state index in [2.05, 4.69) is 15.4 Å². The second-order valence-electron chi connectivity index (χ2n) is 3.72. The molecule has 0 aliphatic rings. The van der Waals surface area contributed by atoms with Gasteiger partial charge in [0.05, 0.1) is 0 Å². The summed E-state index contributed by atoms with van der Waals surface area (Å²) in [5.41, 5.74) is 8.32. The minimum atomic E-state index is -0.322. The van der Waals surface area contributed by atoms with Crippen LogP contribution in [0.2, 0.25) is 0 Å². The Hall–Kier alpha value is -1.77. The summed E-state index contributed by atoms with van der Waals surface area (Å²) in [6.07, 6.45) is 1.89. The fourth-order valence-corrected chi connectivity index (χ4v) is 2.71. The van der Waals surface area contributed by atoms with Crippen molar-refractivity contribution in [1.82, 2.24) is 15.4 Å². The van der Waals surface area contributed by atoms with Crippen molar-refractivity contribution in [3.63, 3.8) is 0 Å². The lowest BCUT2D eigenvalue weighted by Gasteiger charge is -2.05. The Kier molecular flexibility index (Phi) is 4.83. The number of carbonyl (C=O) groups excluding carboxylic acids is 1. The Bertz CT molecular complexity index is 618. The molecule has 0 aliphatic heterocycles. The van der Waals surface area contributed by atoms with E-state index >= 15 is 0 Å². The lowest BCUT2D eigenvalue weighted by molar-refractivity contribution is 0.0953. The van der Waals surface area contributed by atoms with Gasteiger partial charge in [-0.1, -0.05) is 23.5 Å². The number of benzene rings is 1. The Morgan fingerprint density at radius 2 is 1.95 bits per heavy atom. The highest BCUT2D eigenvalue weighted by Crippen LogP contribution is 2.28. The monoisotopic (exact) mass is 307 g/mol. The van der Waals surface area contributed by atoms with Gasteiger partial charge in [0.15, 0.2) is 5.16 Å². The van der Waals surface area contributed by atoms with Crippen LogP contribution in [0.25, 0.3) is 0 Å².